The van der Waals surface area contributed by atoms with Crippen LogP contribution in [0.1, 0.15) is 40.4 Å². The summed E-state index contributed by atoms with van der Waals surface area (Å²) in [6.45, 7) is 11.7. The molecule has 0 aliphatic carbocycles. The highest BCUT2D eigenvalue weighted by Crippen LogP contribution is 2.16. The summed E-state index contributed by atoms with van der Waals surface area (Å²) in [5, 5.41) is 5.72. The molecule has 4 heterocycles. The van der Waals surface area contributed by atoms with E-state index in [1.807, 2.05) is 57.2 Å². The second-order valence-electron chi connectivity index (χ2n) is 12.8. The van der Waals surface area contributed by atoms with Gasteiger partial charge in [0.25, 0.3) is 23.7 Å². The number of ether oxygens (including phenoxy) is 2. The number of carbonyl (C=O) groups excluding carboxylic acids is 2. The lowest BCUT2D eigenvalue weighted by atomic mass is 10.2. The highest BCUT2D eigenvalue weighted by atomic mass is 131. The maximum atomic E-state index is 13.5. The zero-order valence-electron chi connectivity index (χ0n) is 32.5. The average Bonchev–Trinajstić information content (AvgIpc) is 3.23. The molecule has 0 aliphatic rings. The zero-order chi connectivity index (χ0) is 41.3. The molecule has 58 heavy (non-hydrogen) atoms. The summed E-state index contributed by atoms with van der Waals surface area (Å²) in [7, 11) is 0. The van der Waals surface area contributed by atoms with Crippen molar-refractivity contribution < 1.29 is 27.8 Å². The average molecular weight is 911 g/mol. The zero-order valence-corrected chi connectivity index (χ0v) is 34.7. The Hall–Kier alpha value is -5.53. The van der Waals surface area contributed by atoms with Crippen LogP contribution in [-0.2, 0) is 0 Å². The second-order valence-corrected chi connectivity index (χ2v) is 14.0. The molecule has 2 aromatic carbocycles. The molecule has 14 nitrogen and oxygen atoms in total. The fourth-order valence-corrected chi connectivity index (χ4v) is 6.02. The molecule has 4 aromatic heterocycles. The minimum Gasteiger partial charge on any atom is -0.487 e. The number of likely N-dealkylation sites (N-methyl/N-ethyl adjacent to an activating group) is 2. The number of hydrogen-bond acceptors (Lipinski definition) is 12. The van der Waals surface area contributed by atoms with E-state index in [1.54, 1.807) is 24.3 Å². The van der Waals surface area contributed by atoms with Gasteiger partial charge in [0.05, 0.1) is 34.5 Å². The quantitative estimate of drug-likeness (QED) is 0.0825. The number of amides is 2. The van der Waals surface area contributed by atoms with Crippen molar-refractivity contribution in [2.45, 2.75) is 20.8 Å². The lowest BCUT2D eigenvalue weighted by Gasteiger charge is -2.20. The second kappa shape index (κ2) is 22.4. The van der Waals surface area contributed by atoms with E-state index >= 15 is 0 Å². The summed E-state index contributed by atoms with van der Waals surface area (Å²) in [6.07, 6.45) is 5.74. The van der Waals surface area contributed by atoms with E-state index in [-0.39, 0.29) is 29.0 Å². The molecule has 17 heteroatoms. The number of benzene rings is 2. The van der Waals surface area contributed by atoms with Crippen molar-refractivity contribution in [3.05, 3.63) is 118 Å². The number of fused-ring (bicyclic) bond motifs is 2. The molecule has 0 saturated carbocycles. The fourth-order valence-electron chi connectivity index (χ4n) is 5.54. The number of aromatic nitrogens is 6. The molecule has 0 unspecified atom stereocenters. The Balaban J connectivity index is 0.000000221. The first kappa shape index (κ1) is 43.6. The highest BCUT2D eigenvalue weighted by Gasteiger charge is 2.13. The van der Waals surface area contributed by atoms with Gasteiger partial charge in [0, 0.05) is 55.2 Å². The van der Waals surface area contributed by atoms with Gasteiger partial charge in [-0.1, -0.05) is 19.9 Å². The molecule has 304 valence electrons. The summed E-state index contributed by atoms with van der Waals surface area (Å²) in [5.41, 5.74) is 4.58. The molecule has 0 spiro atoms. The minimum absolute atomic E-state index is 0.140. The molecule has 2 amide bonds. The van der Waals surface area contributed by atoms with Gasteiger partial charge in [-0.15, -0.1) is 0 Å². The van der Waals surface area contributed by atoms with Crippen LogP contribution in [0, 0.1) is 22.4 Å². The standard InChI is InChI=1S/C21H24FN5O2.C20H21FIN5O2/c1-3-27(11-12-29-19-5-4-8-23-20(19)22)10-9-24-21(28)18-14-25-17-13-15(2)6-7-16(17)26-18;1-2-27(10-11-29-18-4-3-7-23-19(18)21)9-8-24-20(28)17-13-25-16-12-14(22)5-6-15(16)26-17/h4-8,13-14H,3,9-12H2,1-2H3,(H,24,28);3-7,12-13H,2,8-11H2,1H3,(H,24,28)/i;22+4. The Labute approximate surface area is 349 Å². The van der Waals surface area contributed by atoms with Crippen LogP contribution >= 0.6 is 22.6 Å². The van der Waals surface area contributed by atoms with Crippen molar-refractivity contribution in [2.75, 3.05) is 65.6 Å². The van der Waals surface area contributed by atoms with Gasteiger partial charge in [0.15, 0.2) is 11.5 Å². The minimum atomic E-state index is -0.617. The van der Waals surface area contributed by atoms with Gasteiger partial charge < -0.3 is 20.1 Å². The molecule has 6 rings (SSSR count). The van der Waals surface area contributed by atoms with E-state index in [0.29, 0.717) is 69.2 Å². The predicted molar refractivity (Wildman–Crippen MR) is 225 cm³/mol. The summed E-state index contributed by atoms with van der Waals surface area (Å²) >= 11 is 2.21. The van der Waals surface area contributed by atoms with Crippen LogP contribution in [0.3, 0.4) is 0 Å². The van der Waals surface area contributed by atoms with E-state index < -0.39 is 11.9 Å². The molecule has 0 aliphatic heterocycles. The van der Waals surface area contributed by atoms with Gasteiger partial charge in [0.1, 0.15) is 24.6 Å². The molecular formula is C41H45F2IN10O4. The smallest absolute Gasteiger partial charge is 0.271 e. The van der Waals surface area contributed by atoms with E-state index in [0.717, 1.165) is 33.3 Å². The Bertz CT molecular complexity index is 2130. The van der Waals surface area contributed by atoms with Crippen LogP contribution in [0.15, 0.2) is 85.5 Å². The van der Waals surface area contributed by atoms with Crippen LogP contribution in [0.2, 0.25) is 0 Å². The third-order valence-electron chi connectivity index (χ3n) is 8.77. The van der Waals surface area contributed by atoms with Crippen molar-refractivity contribution >= 4 is 56.5 Å². The lowest BCUT2D eigenvalue weighted by Crippen LogP contribution is -2.37. The van der Waals surface area contributed by atoms with Gasteiger partial charge in [0.2, 0.25) is 0 Å². The van der Waals surface area contributed by atoms with Crippen molar-refractivity contribution in [3.63, 3.8) is 0 Å². The normalized spacial score (nSPS) is 11.0. The number of aryl methyl sites for hydroxylation is 1. The van der Waals surface area contributed by atoms with Gasteiger partial charge in [-0.05, 0) is 103 Å². The van der Waals surface area contributed by atoms with Crippen LogP contribution < -0.4 is 20.1 Å². The van der Waals surface area contributed by atoms with E-state index in [4.69, 9.17) is 9.47 Å². The molecule has 0 radical (unpaired) electrons. The van der Waals surface area contributed by atoms with Gasteiger partial charge in [-0.2, -0.15) is 8.78 Å². The summed E-state index contributed by atoms with van der Waals surface area (Å²) in [6, 6.07) is 17.8. The maximum Gasteiger partial charge on any atom is 0.271 e. The van der Waals surface area contributed by atoms with Gasteiger partial charge in [-0.3, -0.25) is 29.4 Å². The van der Waals surface area contributed by atoms with E-state index in [1.165, 1.54) is 24.8 Å². The van der Waals surface area contributed by atoms with Crippen LogP contribution in [-0.4, -0.2) is 117 Å². The number of nitrogens with one attached hydrogen (secondary N) is 2. The molecule has 0 fully saturated rings. The molecule has 6 aromatic rings. The topological polar surface area (TPSA) is 160 Å². The number of rotatable bonds is 18. The maximum absolute atomic E-state index is 13.5. The molecule has 0 bridgehead atoms. The third-order valence-corrected chi connectivity index (χ3v) is 9.44. The number of halogens is 3. The molecule has 0 atom stereocenters. The van der Waals surface area contributed by atoms with Crippen molar-refractivity contribution in [1.29, 1.82) is 0 Å². The van der Waals surface area contributed by atoms with Crippen molar-refractivity contribution in [1.82, 2.24) is 50.3 Å². The Kier molecular flexibility index (Phi) is 16.8. The number of hydrogen-bond donors (Lipinski definition) is 2. The van der Waals surface area contributed by atoms with Gasteiger partial charge >= 0.3 is 0 Å². The number of pyridine rings is 2. The highest BCUT2D eigenvalue weighted by molar-refractivity contribution is 14.1. The molecule has 2 N–H and O–H groups in total. The Morgan fingerprint density at radius 2 is 1.14 bits per heavy atom. The Morgan fingerprint density at radius 3 is 1.62 bits per heavy atom. The van der Waals surface area contributed by atoms with Crippen molar-refractivity contribution in [3.8, 4) is 11.5 Å². The first-order chi connectivity index (χ1) is 28.1. The molecule has 0 saturated heterocycles. The van der Waals surface area contributed by atoms with Crippen LogP contribution in [0.4, 0.5) is 8.78 Å². The first-order valence-electron chi connectivity index (χ1n) is 18.8. The van der Waals surface area contributed by atoms with Crippen molar-refractivity contribution in [2.24, 2.45) is 0 Å². The van der Waals surface area contributed by atoms with E-state index in [9.17, 15) is 18.4 Å². The lowest BCUT2D eigenvalue weighted by molar-refractivity contribution is 0.0934. The van der Waals surface area contributed by atoms with Crippen LogP contribution in [0.5, 0.6) is 11.5 Å². The summed E-state index contributed by atoms with van der Waals surface area (Å²) < 4.78 is 38.8. The predicted octanol–water partition coefficient (Wildman–Crippen LogP) is 5.50. The summed E-state index contributed by atoms with van der Waals surface area (Å²) in [5.74, 6) is -1.47. The third kappa shape index (κ3) is 13.3. The fraction of sp³-hybridized carbons (Fsp3) is 0.317. The van der Waals surface area contributed by atoms with Gasteiger partial charge in [-0.25, -0.2) is 19.9 Å². The first-order valence-corrected chi connectivity index (χ1v) is 19.8. The molecular weight excluding hydrogens is 865 g/mol. The SMILES string of the molecule is CCN(CCNC(=O)c1cnc2cc(C)ccc2n1)CCOc1cccnc1F.CCN(CCNC(=O)c1cnc2cc([131I])ccc2n1)CCOc1cccnc1F. The van der Waals surface area contributed by atoms with Crippen LogP contribution in [0.25, 0.3) is 22.1 Å². The number of nitrogens with zero attached hydrogens (tertiary/aromatic N) is 8. The van der Waals surface area contributed by atoms with E-state index in [2.05, 4.69) is 72.9 Å². The number of carbonyl (C=O) groups is 2. The summed E-state index contributed by atoms with van der Waals surface area (Å²) in [4.78, 5) is 53.4. The Morgan fingerprint density at radius 1 is 0.655 bits per heavy atom. The largest absolute Gasteiger partial charge is 0.487 e. The monoisotopic (exact) mass is 910 g/mol.